The maximum absolute atomic E-state index is 13.6. The molecule has 48 heavy (non-hydrogen) atoms. The highest BCUT2D eigenvalue weighted by atomic mass is 79.9. The Morgan fingerprint density at radius 3 is 2.21 bits per heavy atom. The van der Waals surface area contributed by atoms with Gasteiger partial charge in [0.15, 0.2) is 5.65 Å². The van der Waals surface area contributed by atoms with Gasteiger partial charge < -0.3 is 28.6 Å². The first-order valence-electron chi connectivity index (χ1n) is 16.8. The number of carbonyl (C=O) groups is 1. The van der Waals surface area contributed by atoms with Crippen molar-refractivity contribution in [3.05, 3.63) is 51.6 Å². The number of amides is 1. The molecule has 1 saturated carbocycles. The molecular formula is C33H44B2BrN5O7. The molecule has 3 unspecified atom stereocenters. The van der Waals surface area contributed by atoms with Crippen molar-refractivity contribution in [2.45, 2.75) is 109 Å². The molecule has 0 bridgehead atoms. The number of benzene rings is 1. The Morgan fingerprint density at radius 2 is 1.56 bits per heavy atom. The summed E-state index contributed by atoms with van der Waals surface area (Å²) in [7, 11) is -1.30. The molecule has 7 rings (SSSR count). The third-order valence-electron chi connectivity index (χ3n) is 11.5. The van der Waals surface area contributed by atoms with Crippen molar-refractivity contribution in [1.82, 2.24) is 24.2 Å². The zero-order chi connectivity index (χ0) is 34.4. The quantitative estimate of drug-likeness (QED) is 0.360. The Hall–Kier alpha value is -2.55. The number of hydrogen-bond donors (Lipinski definition) is 1. The first kappa shape index (κ1) is 33.9. The van der Waals surface area contributed by atoms with E-state index in [0.29, 0.717) is 43.4 Å². The number of aromatic nitrogens is 4. The van der Waals surface area contributed by atoms with Crippen molar-refractivity contribution in [2.24, 2.45) is 11.8 Å². The highest BCUT2D eigenvalue weighted by molar-refractivity contribution is 9.10. The van der Waals surface area contributed by atoms with E-state index in [0.717, 1.165) is 16.6 Å². The van der Waals surface area contributed by atoms with Gasteiger partial charge in [0.1, 0.15) is 11.7 Å². The van der Waals surface area contributed by atoms with E-state index in [4.69, 9.17) is 18.6 Å². The lowest BCUT2D eigenvalue weighted by molar-refractivity contribution is -0.137. The molecule has 4 fully saturated rings. The van der Waals surface area contributed by atoms with Crippen LogP contribution in [-0.4, -0.2) is 90.4 Å². The van der Waals surface area contributed by atoms with Gasteiger partial charge in [-0.1, -0.05) is 15.9 Å². The molecule has 1 aliphatic carbocycles. The zero-order valence-electron chi connectivity index (χ0n) is 28.7. The monoisotopic (exact) mass is 723 g/mol. The molecule has 256 valence electrons. The molecule has 3 saturated heterocycles. The van der Waals surface area contributed by atoms with Crippen molar-refractivity contribution in [3.63, 3.8) is 0 Å². The van der Waals surface area contributed by atoms with Gasteiger partial charge in [-0.05, 0) is 104 Å². The third kappa shape index (κ3) is 5.87. The molecule has 5 heterocycles. The van der Waals surface area contributed by atoms with Crippen LogP contribution in [0.2, 0.25) is 0 Å². The minimum absolute atomic E-state index is 0.0835. The molecule has 3 atom stereocenters. The van der Waals surface area contributed by atoms with Gasteiger partial charge in [-0.2, -0.15) is 5.10 Å². The summed E-state index contributed by atoms with van der Waals surface area (Å²) in [6.07, 6.45) is 5.21. The molecule has 0 radical (unpaired) electrons. The molecule has 1 N–H and O–H groups in total. The highest BCUT2D eigenvalue weighted by Gasteiger charge is 2.66. The molecule has 2 aromatic heterocycles. The Bertz CT molecular complexity index is 1770. The van der Waals surface area contributed by atoms with Gasteiger partial charge in [-0.25, -0.2) is 9.67 Å². The number of fused-ring (bicyclic) bond motifs is 1. The number of halogens is 1. The first-order valence-corrected chi connectivity index (χ1v) is 17.6. The summed E-state index contributed by atoms with van der Waals surface area (Å²) in [5.74, 6) is 0.211. The molecule has 1 amide bonds. The van der Waals surface area contributed by atoms with E-state index in [2.05, 4.69) is 32.9 Å². The summed E-state index contributed by atoms with van der Waals surface area (Å²) in [5.41, 5.74) is -2.35. The van der Waals surface area contributed by atoms with Crippen LogP contribution in [-0.2, 0) is 30.0 Å². The number of hydrogen-bond acceptors (Lipinski definition) is 9. The van der Waals surface area contributed by atoms with E-state index < -0.39 is 42.0 Å². The number of carbonyl (C=O) groups excluding carboxylic acids is 1. The summed E-state index contributed by atoms with van der Waals surface area (Å²) in [6.45, 7) is 15.1. The number of likely N-dealkylation sites (tertiary alicyclic amines) is 1. The van der Waals surface area contributed by atoms with Gasteiger partial charge in [0.05, 0.1) is 46.4 Å². The lowest BCUT2D eigenvalue weighted by Gasteiger charge is -2.39. The average Bonchev–Trinajstić information content (AvgIpc) is 3.45. The summed E-state index contributed by atoms with van der Waals surface area (Å²) in [4.78, 5) is 33.3. The maximum atomic E-state index is 13.6. The van der Waals surface area contributed by atoms with Crippen LogP contribution in [0.1, 0.15) is 74.1 Å². The lowest BCUT2D eigenvalue weighted by atomic mass is 9.49. The predicted octanol–water partition coefficient (Wildman–Crippen LogP) is 3.97. The van der Waals surface area contributed by atoms with Crippen LogP contribution >= 0.6 is 15.9 Å². The average molecular weight is 724 g/mol. The Balaban J connectivity index is 0.946. The van der Waals surface area contributed by atoms with Gasteiger partial charge in [0, 0.05) is 23.5 Å². The number of rotatable bonds is 7. The molecular weight excluding hydrogens is 680 g/mol. The van der Waals surface area contributed by atoms with E-state index in [1.54, 1.807) is 4.68 Å². The fourth-order valence-corrected chi connectivity index (χ4v) is 7.47. The fourth-order valence-electron chi connectivity index (χ4n) is 7.20. The van der Waals surface area contributed by atoms with Crippen molar-refractivity contribution >= 4 is 46.9 Å². The van der Waals surface area contributed by atoms with Crippen LogP contribution in [0.3, 0.4) is 0 Å². The number of aliphatic hydroxyl groups is 1. The van der Waals surface area contributed by atoms with Gasteiger partial charge >= 0.3 is 14.0 Å². The summed E-state index contributed by atoms with van der Waals surface area (Å²) in [6, 6.07) is 7.58. The molecule has 15 heteroatoms. The first-order chi connectivity index (χ1) is 22.4. The van der Waals surface area contributed by atoms with E-state index in [1.807, 2.05) is 70.7 Å². The molecule has 4 aliphatic rings. The molecule has 0 spiro atoms. The van der Waals surface area contributed by atoms with Gasteiger partial charge in [0.25, 0.3) is 5.56 Å². The topological polar surface area (TPSA) is 130 Å². The summed E-state index contributed by atoms with van der Waals surface area (Å²) in [5, 5.41) is 16.3. The second-order valence-electron chi connectivity index (χ2n) is 15.8. The maximum Gasteiger partial charge on any atom is 0.488 e. The second-order valence-corrected chi connectivity index (χ2v) is 16.7. The van der Waals surface area contributed by atoms with Crippen LogP contribution in [0.15, 0.2) is 46.1 Å². The normalized spacial score (nSPS) is 28.7. The van der Waals surface area contributed by atoms with Gasteiger partial charge in [-0.3, -0.25) is 14.2 Å². The fraction of sp³-hybridized carbons (Fsp3) is 0.636. The van der Waals surface area contributed by atoms with Crippen LogP contribution in [0.5, 0.6) is 0 Å². The standard InChI is InChI=1S/C33H44B2BrN5O7/c1-29(2)30(3,4)46-34(45-29)35-47-31(5,6)32(7,48-35)17-21-16-24(21)27(42)39-14-12-33(44,13-15-39)19-40-20-37-26-25(28(40)43)18-38-41(26)23-10-8-22(36)9-11-23/h8-11,18,20-21,24,44H,12-17,19H2,1-7H3. The lowest BCUT2D eigenvalue weighted by Crippen LogP contribution is -2.50. The summed E-state index contributed by atoms with van der Waals surface area (Å²) >= 11 is 3.43. The Morgan fingerprint density at radius 1 is 0.958 bits per heavy atom. The largest absolute Gasteiger partial charge is 0.488 e. The molecule has 1 aromatic carbocycles. The second kappa shape index (κ2) is 11.5. The van der Waals surface area contributed by atoms with Crippen molar-refractivity contribution in [2.75, 3.05) is 13.1 Å². The van der Waals surface area contributed by atoms with Crippen LogP contribution in [0, 0.1) is 11.8 Å². The highest BCUT2D eigenvalue weighted by Crippen LogP contribution is 2.52. The van der Waals surface area contributed by atoms with Crippen LogP contribution in [0.4, 0.5) is 0 Å². The predicted molar refractivity (Wildman–Crippen MR) is 184 cm³/mol. The molecule has 3 aromatic rings. The SMILES string of the molecule is CC1(C)OB(B2OC(C)(C)C(C)(CC3CC3C(=O)N3CCC(O)(Cn4cnc5c(cnn5-c5ccc(Br)cc5)c4=O)CC3)O2)OC1(C)C. The summed E-state index contributed by atoms with van der Waals surface area (Å²) < 4.78 is 29.4. The van der Waals surface area contributed by atoms with E-state index >= 15 is 0 Å². The van der Waals surface area contributed by atoms with Crippen molar-refractivity contribution in [3.8, 4) is 5.69 Å². The molecule has 12 nitrogen and oxygen atoms in total. The minimum Gasteiger partial charge on any atom is -0.405 e. The van der Waals surface area contributed by atoms with E-state index in [9.17, 15) is 14.7 Å². The van der Waals surface area contributed by atoms with Gasteiger partial charge in [-0.15, -0.1) is 0 Å². The zero-order valence-corrected chi connectivity index (χ0v) is 30.3. The number of piperidine rings is 1. The Labute approximate surface area is 289 Å². The van der Waals surface area contributed by atoms with E-state index in [-0.39, 0.29) is 29.8 Å². The van der Waals surface area contributed by atoms with Crippen LogP contribution < -0.4 is 5.56 Å². The van der Waals surface area contributed by atoms with Crippen molar-refractivity contribution < 1.29 is 28.5 Å². The third-order valence-corrected chi connectivity index (χ3v) is 12.1. The smallest absolute Gasteiger partial charge is 0.405 e. The van der Waals surface area contributed by atoms with Crippen molar-refractivity contribution in [1.29, 1.82) is 0 Å². The van der Waals surface area contributed by atoms with E-state index in [1.165, 1.54) is 17.1 Å². The Kier molecular flexibility index (Phi) is 8.12. The number of nitrogens with zero attached hydrogens (tertiary/aromatic N) is 5. The van der Waals surface area contributed by atoms with Gasteiger partial charge in [0.2, 0.25) is 5.91 Å². The minimum atomic E-state index is -1.13. The van der Waals surface area contributed by atoms with Crippen LogP contribution in [0.25, 0.3) is 16.7 Å². The molecule has 3 aliphatic heterocycles.